The van der Waals surface area contributed by atoms with Gasteiger partial charge < -0.3 is 4.74 Å². The van der Waals surface area contributed by atoms with Crippen LogP contribution in [-0.2, 0) is 10.2 Å². The molecule has 3 N–H and O–H groups in total. The number of rotatable bonds is 7. The van der Waals surface area contributed by atoms with Crippen LogP contribution in [0.5, 0.6) is 0 Å². The highest BCUT2D eigenvalue weighted by molar-refractivity contribution is 5.25. The first-order valence-electron chi connectivity index (χ1n) is 6.22. The van der Waals surface area contributed by atoms with Crippen LogP contribution in [0.25, 0.3) is 0 Å². The predicted molar refractivity (Wildman–Crippen MR) is 71.7 cm³/mol. The molecule has 0 fully saturated rings. The summed E-state index contributed by atoms with van der Waals surface area (Å²) in [5, 5.41) is 0. The molecule has 1 aromatic rings. The molecule has 0 aliphatic carbocycles. The van der Waals surface area contributed by atoms with Gasteiger partial charge in [-0.1, -0.05) is 51.1 Å². The highest BCUT2D eigenvalue weighted by atomic mass is 16.5. The van der Waals surface area contributed by atoms with Gasteiger partial charge in [0.1, 0.15) is 0 Å². The van der Waals surface area contributed by atoms with Gasteiger partial charge in [0.15, 0.2) is 0 Å². The fraction of sp³-hybridized carbons (Fsp3) is 0.571. The van der Waals surface area contributed by atoms with Crippen LogP contribution in [0, 0.1) is 0 Å². The van der Waals surface area contributed by atoms with E-state index in [1.54, 1.807) is 0 Å². The first-order chi connectivity index (χ1) is 8.12. The molecule has 0 spiro atoms. The molecular formula is C14H24N2O. The van der Waals surface area contributed by atoms with E-state index in [-0.39, 0.29) is 11.5 Å². The minimum Gasteiger partial charge on any atom is -0.380 e. The summed E-state index contributed by atoms with van der Waals surface area (Å²) in [6.07, 6.45) is 1.03. The fourth-order valence-electron chi connectivity index (χ4n) is 1.88. The van der Waals surface area contributed by atoms with E-state index < -0.39 is 0 Å². The van der Waals surface area contributed by atoms with Crippen molar-refractivity contribution in [3.8, 4) is 0 Å². The van der Waals surface area contributed by atoms with Crippen LogP contribution in [0.15, 0.2) is 30.3 Å². The Morgan fingerprint density at radius 1 is 1.29 bits per heavy atom. The van der Waals surface area contributed by atoms with Crippen LogP contribution in [-0.4, -0.2) is 19.3 Å². The summed E-state index contributed by atoms with van der Waals surface area (Å²) in [5.41, 5.74) is 4.09. The molecule has 1 atom stereocenters. The molecule has 0 bridgehead atoms. The Balaban J connectivity index is 2.72. The van der Waals surface area contributed by atoms with Crippen LogP contribution in [0.1, 0.15) is 32.8 Å². The Morgan fingerprint density at radius 3 is 2.47 bits per heavy atom. The Kier molecular flexibility index (Phi) is 5.62. The lowest BCUT2D eigenvalue weighted by atomic mass is 9.78. The van der Waals surface area contributed by atoms with Crippen molar-refractivity contribution in [1.29, 1.82) is 0 Å². The average Bonchev–Trinajstić information content (AvgIpc) is 2.35. The largest absolute Gasteiger partial charge is 0.380 e. The van der Waals surface area contributed by atoms with E-state index in [0.29, 0.717) is 6.61 Å². The van der Waals surface area contributed by atoms with Gasteiger partial charge in [-0.25, -0.2) is 0 Å². The fourth-order valence-corrected chi connectivity index (χ4v) is 1.88. The Bertz CT molecular complexity index is 311. The average molecular weight is 236 g/mol. The number of nitrogens with two attached hydrogens (primary N) is 1. The standard InChI is InChI=1S/C14H24N2O/c1-4-10-17-11-13(16-15)14(2,3)12-8-6-5-7-9-12/h5-9,13,16H,4,10-11,15H2,1-3H3. The summed E-state index contributed by atoms with van der Waals surface area (Å²) in [7, 11) is 0. The van der Waals surface area contributed by atoms with Crippen molar-refractivity contribution >= 4 is 0 Å². The number of hydrogen-bond donors (Lipinski definition) is 2. The number of ether oxygens (including phenoxy) is 1. The second kappa shape index (κ2) is 6.74. The van der Waals surface area contributed by atoms with E-state index in [9.17, 15) is 0 Å². The third-order valence-electron chi connectivity index (χ3n) is 3.22. The number of nitrogens with one attached hydrogen (secondary N) is 1. The summed E-state index contributed by atoms with van der Waals surface area (Å²) in [6, 6.07) is 10.5. The van der Waals surface area contributed by atoms with Gasteiger partial charge in [-0.2, -0.15) is 0 Å². The molecule has 0 heterocycles. The molecule has 1 unspecified atom stereocenters. The van der Waals surface area contributed by atoms with Gasteiger partial charge in [-0.15, -0.1) is 0 Å². The van der Waals surface area contributed by atoms with E-state index in [4.69, 9.17) is 10.6 Å². The lowest BCUT2D eigenvalue weighted by Gasteiger charge is -2.34. The van der Waals surface area contributed by atoms with E-state index in [2.05, 4.69) is 50.5 Å². The molecule has 1 rings (SSSR count). The van der Waals surface area contributed by atoms with Gasteiger partial charge in [-0.05, 0) is 12.0 Å². The van der Waals surface area contributed by atoms with E-state index in [1.165, 1.54) is 5.56 Å². The molecule has 0 saturated carbocycles. The van der Waals surface area contributed by atoms with Gasteiger partial charge >= 0.3 is 0 Å². The molecule has 17 heavy (non-hydrogen) atoms. The van der Waals surface area contributed by atoms with Crippen LogP contribution in [0.2, 0.25) is 0 Å². The third-order valence-corrected chi connectivity index (χ3v) is 3.22. The first-order valence-corrected chi connectivity index (χ1v) is 6.22. The topological polar surface area (TPSA) is 47.3 Å². The first kappa shape index (κ1) is 14.2. The van der Waals surface area contributed by atoms with Crippen molar-refractivity contribution in [2.75, 3.05) is 13.2 Å². The van der Waals surface area contributed by atoms with Gasteiger partial charge in [0.05, 0.1) is 12.6 Å². The van der Waals surface area contributed by atoms with E-state index in [0.717, 1.165) is 13.0 Å². The summed E-state index contributed by atoms with van der Waals surface area (Å²) >= 11 is 0. The lowest BCUT2D eigenvalue weighted by Crippen LogP contribution is -2.51. The van der Waals surface area contributed by atoms with Gasteiger partial charge in [0, 0.05) is 12.0 Å². The second-order valence-corrected chi connectivity index (χ2v) is 4.88. The zero-order chi connectivity index (χ0) is 12.7. The quantitative estimate of drug-likeness (QED) is 0.433. The van der Waals surface area contributed by atoms with Crippen molar-refractivity contribution in [2.24, 2.45) is 5.84 Å². The molecule has 0 saturated heterocycles. The molecule has 1 aromatic carbocycles. The Labute approximate surface area is 104 Å². The number of hydrazine groups is 1. The van der Waals surface area contributed by atoms with Crippen LogP contribution in [0.3, 0.4) is 0 Å². The van der Waals surface area contributed by atoms with Crippen LogP contribution >= 0.6 is 0 Å². The zero-order valence-corrected chi connectivity index (χ0v) is 11.1. The van der Waals surface area contributed by atoms with Gasteiger partial charge in [0.2, 0.25) is 0 Å². The molecule has 0 aliphatic rings. The summed E-state index contributed by atoms with van der Waals surface area (Å²) in [4.78, 5) is 0. The maximum Gasteiger partial charge on any atom is 0.0641 e. The number of benzene rings is 1. The van der Waals surface area contributed by atoms with Crippen LogP contribution < -0.4 is 11.3 Å². The summed E-state index contributed by atoms with van der Waals surface area (Å²) in [5.74, 6) is 5.65. The summed E-state index contributed by atoms with van der Waals surface area (Å²) in [6.45, 7) is 7.88. The normalized spacial score (nSPS) is 13.6. The predicted octanol–water partition coefficient (Wildman–Crippen LogP) is 2.22. The molecule has 0 radical (unpaired) electrons. The van der Waals surface area contributed by atoms with Crippen molar-refractivity contribution in [3.63, 3.8) is 0 Å². The molecular weight excluding hydrogens is 212 g/mol. The highest BCUT2D eigenvalue weighted by Crippen LogP contribution is 2.26. The monoisotopic (exact) mass is 236 g/mol. The van der Waals surface area contributed by atoms with E-state index >= 15 is 0 Å². The third kappa shape index (κ3) is 3.80. The molecule has 96 valence electrons. The minimum absolute atomic E-state index is 0.0518. The lowest BCUT2D eigenvalue weighted by molar-refractivity contribution is 0.0904. The van der Waals surface area contributed by atoms with Gasteiger partial charge in [0.25, 0.3) is 0 Å². The van der Waals surface area contributed by atoms with Gasteiger partial charge in [-0.3, -0.25) is 11.3 Å². The molecule has 3 heteroatoms. The Hall–Kier alpha value is -0.900. The molecule has 0 aliphatic heterocycles. The second-order valence-electron chi connectivity index (χ2n) is 4.88. The molecule has 3 nitrogen and oxygen atoms in total. The van der Waals surface area contributed by atoms with Crippen LogP contribution in [0.4, 0.5) is 0 Å². The Morgan fingerprint density at radius 2 is 1.94 bits per heavy atom. The zero-order valence-electron chi connectivity index (χ0n) is 11.1. The smallest absolute Gasteiger partial charge is 0.0641 e. The van der Waals surface area contributed by atoms with Crippen molar-refractivity contribution < 1.29 is 4.74 Å². The van der Waals surface area contributed by atoms with Crippen molar-refractivity contribution in [1.82, 2.24) is 5.43 Å². The number of hydrogen-bond acceptors (Lipinski definition) is 3. The van der Waals surface area contributed by atoms with Crippen molar-refractivity contribution in [2.45, 2.75) is 38.6 Å². The minimum atomic E-state index is -0.0518. The molecule has 0 aromatic heterocycles. The maximum absolute atomic E-state index is 5.65. The van der Waals surface area contributed by atoms with Crippen molar-refractivity contribution in [3.05, 3.63) is 35.9 Å². The van der Waals surface area contributed by atoms with E-state index in [1.807, 2.05) is 6.07 Å². The SMILES string of the molecule is CCCOCC(NN)C(C)(C)c1ccccc1. The highest BCUT2D eigenvalue weighted by Gasteiger charge is 2.30. The molecule has 0 amide bonds. The summed E-state index contributed by atoms with van der Waals surface area (Å²) < 4.78 is 5.60. The maximum atomic E-state index is 5.65.